The Balaban J connectivity index is 1.87. The van der Waals surface area contributed by atoms with E-state index in [1.165, 1.54) is 0 Å². The average Bonchev–Trinajstić information content (AvgIpc) is 2.46. The lowest BCUT2D eigenvalue weighted by molar-refractivity contribution is 0.0982. The highest BCUT2D eigenvalue weighted by atomic mass is 16.5. The Morgan fingerprint density at radius 3 is 2.81 bits per heavy atom. The summed E-state index contributed by atoms with van der Waals surface area (Å²) < 4.78 is 5.99. The van der Waals surface area contributed by atoms with Crippen LogP contribution in [-0.2, 0) is 12.8 Å². The predicted molar refractivity (Wildman–Crippen MR) is 80.3 cm³/mol. The molecule has 0 saturated heterocycles. The van der Waals surface area contributed by atoms with Crippen molar-refractivity contribution >= 4 is 5.91 Å². The van der Waals surface area contributed by atoms with Crippen molar-refractivity contribution in [3.8, 4) is 5.88 Å². The van der Waals surface area contributed by atoms with Crippen molar-refractivity contribution in [3.05, 3.63) is 22.9 Å². The van der Waals surface area contributed by atoms with Gasteiger partial charge in [0.05, 0.1) is 0 Å². The van der Waals surface area contributed by atoms with Crippen LogP contribution in [0, 0.1) is 0 Å². The summed E-state index contributed by atoms with van der Waals surface area (Å²) in [4.78, 5) is 16.3. The summed E-state index contributed by atoms with van der Waals surface area (Å²) in [5, 5.41) is 0. The first-order valence-electron chi connectivity index (χ1n) is 7.88. The Morgan fingerprint density at radius 2 is 2.05 bits per heavy atom. The minimum Gasteiger partial charge on any atom is -0.474 e. The van der Waals surface area contributed by atoms with E-state index in [2.05, 4.69) is 4.98 Å². The van der Waals surface area contributed by atoms with Gasteiger partial charge in [0.15, 0.2) is 0 Å². The van der Waals surface area contributed by atoms with Gasteiger partial charge in [-0.2, -0.15) is 0 Å². The van der Waals surface area contributed by atoms with Crippen LogP contribution < -0.4 is 16.2 Å². The number of fused-ring (bicyclic) bond motifs is 1. The monoisotopic (exact) mass is 289 g/mol. The summed E-state index contributed by atoms with van der Waals surface area (Å²) in [6.45, 7) is 0. The Bertz CT molecular complexity index is 545. The van der Waals surface area contributed by atoms with Gasteiger partial charge in [-0.05, 0) is 63.0 Å². The topological polar surface area (TPSA) is 91.2 Å². The Hall–Kier alpha value is -1.62. The van der Waals surface area contributed by atoms with Crippen LogP contribution in [0.5, 0.6) is 5.88 Å². The zero-order chi connectivity index (χ0) is 14.8. The number of ether oxygens (including phenoxy) is 1. The zero-order valence-corrected chi connectivity index (χ0v) is 12.3. The Kier molecular flexibility index (Phi) is 4.10. The molecule has 5 nitrogen and oxygen atoms in total. The highest BCUT2D eigenvalue weighted by Gasteiger charge is 2.25. The molecule has 21 heavy (non-hydrogen) atoms. The van der Waals surface area contributed by atoms with Crippen molar-refractivity contribution in [2.24, 2.45) is 11.5 Å². The lowest BCUT2D eigenvalue weighted by Gasteiger charge is -2.28. The van der Waals surface area contributed by atoms with E-state index in [0.29, 0.717) is 11.4 Å². The highest BCUT2D eigenvalue weighted by Crippen LogP contribution is 2.28. The van der Waals surface area contributed by atoms with E-state index in [-0.39, 0.29) is 12.1 Å². The third-order valence-corrected chi connectivity index (χ3v) is 4.48. The molecule has 0 aliphatic heterocycles. The summed E-state index contributed by atoms with van der Waals surface area (Å²) >= 11 is 0. The van der Waals surface area contributed by atoms with E-state index >= 15 is 0 Å². The molecule has 1 saturated carbocycles. The number of pyridine rings is 1. The van der Waals surface area contributed by atoms with Gasteiger partial charge in [0.25, 0.3) is 5.91 Å². The van der Waals surface area contributed by atoms with Gasteiger partial charge in [-0.3, -0.25) is 4.79 Å². The number of nitrogens with zero attached hydrogens (tertiary/aromatic N) is 1. The number of rotatable bonds is 3. The molecule has 2 atom stereocenters. The van der Waals surface area contributed by atoms with Crippen molar-refractivity contribution in [2.45, 2.75) is 63.5 Å². The standard InChI is InChI=1S/C16H23N3O2/c17-11-5-3-6-12(9-11)21-16-13(15(18)20)8-10-4-1-2-7-14(10)19-16/h8,11-12H,1-7,9,17H2,(H2,18,20). The second-order valence-electron chi connectivity index (χ2n) is 6.18. The van der Waals surface area contributed by atoms with Crippen LogP contribution in [0.3, 0.4) is 0 Å². The number of carbonyl (C=O) groups is 1. The van der Waals surface area contributed by atoms with Gasteiger partial charge in [-0.1, -0.05) is 0 Å². The van der Waals surface area contributed by atoms with Crippen LogP contribution >= 0.6 is 0 Å². The van der Waals surface area contributed by atoms with Gasteiger partial charge in [-0.15, -0.1) is 0 Å². The molecule has 0 radical (unpaired) electrons. The summed E-state index contributed by atoms with van der Waals surface area (Å²) in [5.41, 5.74) is 14.1. The number of hydrogen-bond donors (Lipinski definition) is 2. The fraction of sp³-hybridized carbons (Fsp3) is 0.625. The fourth-order valence-electron chi connectivity index (χ4n) is 3.33. The number of hydrogen-bond acceptors (Lipinski definition) is 4. The van der Waals surface area contributed by atoms with Gasteiger partial charge >= 0.3 is 0 Å². The molecule has 1 heterocycles. The third-order valence-electron chi connectivity index (χ3n) is 4.48. The Morgan fingerprint density at radius 1 is 1.24 bits per heavy atom. The maximum Gasteiger partial charge on any atom is 0.254 e. The molecule has 2 unspecified atom stereocenters. The molecule has 5 heteroatoms. The summed E-state index contributed by atoms with van der Waals surface area (Å²) in [5.74, 6) is -0.0618. The van der Waals surface area contributed by atoms with Crippen LogP contribution in [0.15, 0.2) is 6.07 Å². The molecule has 3 rings (SSSR count). The van der Waals surface area contributed by atoms with Crippen LogP contribution in [0.2, 0.25) is 0 Å². The number of aryl methyl sites for hydroxylation is 2. The van der Waals surface area contributed by atoms with E-state index in [1.807, 2.05) is 6.07 Å². The first kappa shape index (κ1) is 14.3. The number of aromatic nitrogens is 1. The molecule has 0 aromatic carbocycles. The molecule has 2 aliphatic carbocycles. The van der Waals surface area contributed by atoms with Crippen LogP contribution in [-0.4, -0.2) is 23.0 Å². The summed E-state index contributed by atoms with van der Waals surface area (Å²) in [6, 6.07) is 2.06. The number of nitrogens with two attached hydrogens (primary N) is 2. The molecule has 2 aliphatic rings. The SMILES string of the molecule is NC(=O)c1cc2c(nc1OC1CCCC(N)C1)CCCC2. The zero-order valence-electron chi connectivity index (χ0n) is 12.3. The first-order chi connectivity index (χ1) is 10.1. The minimum atomic E-state index is -0.467. The quantitative estimate of drug-likeness (QED) is 0.886. The molecule has 1 aromatic heterocycles. The average molecular weight is 289 g/mol. The molecular formula is C16H23N3O2. The lowest BCUT2D eigenvalue weighted by atomic mass is 9.93. The Labute approximate surface area is 125 Å². The van der Waals surface area contributed by atoms with Crippen molar-refractivity contribution in [3.63, 3.8) is 0 Å². The number of carbonyl (C=O) groups excluding carboxylic acids is 1. The molecule has 1 fully saturated rings. The van der Waals surface area contributed by atoms with Gasteiger partial charge < -0.3 is 16.2 Å². The van der Waals surface area contributed by atoms with Crippen molar-refractivity contribution < 1.29 is 9.53 Å². The fourth-order valence-corrected chi connectivity index (χ4v) is 3.33. The van der Waals surface area contributed by atoms with E-state index in [9.17, 15) is 4.79 Å². The van der Waals surface area contributed by atoms with Crippen molar-refractivity contribution in [1.29, 1.82) is 0 Å². The second-order valence-corrected chi connectivity index (χ2v) is 6.18. The lowest BCUT2D eigenvalue weighted by Crippen LogP contribution is -2.34. The molecular weight excluding hydrogens is 266 g/mol. The van der Waals surface area contributed by atoms with Gasteiger partial charge in [0, 0.05) is 11.7 Å². The maximum absolute atomic E-state index is 11.7. The predicted octanol–water partition coefficient (Wildman–Crippen LogP) is 1.71. The molecule has 0 bridgehead atoms. The third kappa shape index (κ3) is 3.18. The molecule has 1 aromatic rings. The first-order valence-corrected chi connectivity index (χ1v) is 7.88. The summed E-state index contributed by atoms with van der Waals surface area (Å²) in [7, 11) is 0. The second kappa shape index (κ2) is 6.02. The van der Waals surface area contributed by atoms with Crippen LogP contribution in [0.4, 0.5) is 0 Å². The molecule has 0 spiro atoms. The van der Waals surface area contributed by atoms with E-state index in [0.717, 1.165) is 62.6 Å². The normalized spacial score (nSPS) is 25.2. The van der Waals surface area contributed by atoms with Gasteiger partial charge in [-0.25, -0.2) is 4.98 Å². The van der Waals surface area contributed by atoms with Crippen LogP contribution in [0.25, 0.3) is 0 Å². The molecule has 114 valence electrons. The largest absolute Gasteiger partial charge is 0.474 e. The van der Waals surface area contributed by atoms with Gasteiger partial charge in [0.2, 0.25) is 5.88 Å². The van der Waals surface area contributed by atoms with Crippen molar-refractivity contribution in [2.75, 3.05) is 0 Å². The van der Waals surface area contributed by atoms with E-state index < -0.39 is 5.91 Å². The van der Waals surface area contributed by atoms with Crippen LogP contribution in [0.1, 0.15) is 60.1 Å². The van der Waals surface area contributed by atoms with Crippen molar-refractivity contribution in [1.82, 2.24) is 4.98 Å². The van der Waals surface area contributed by atoms with E-state index in [4.69, 9.17) is 16.2 Å². The smallest absolute Gasteiger partial charge is 0.254 e. The molecule has 4 N–H and O–H groups in total. The number of amides is 1. The van der Waals surface area contributed by atoms with E-state index in [1.54, 1.807) is 0 Å². The highest BCUT2D eigenvalue weighted by molar-refractivity contribution is 5.95. The van der Waals surface area contributed by atoms with Gasteiger partial charge in [0.1, 0.15) is 11.7 Å². The maximum atomic E-state index is 11.7. The minimum absolute atomic E-state index is 0.0426. The molecule has 1 amide bonds. The summed E-state index contributed by atoms with van der Waals surface area (Å²) in [6.07, 6.45) is 8.13. The number of primary amides is 1.